The van der Waals surface area contributed by atoms with Crippen molar-refractivity contribution in [2.75, 3.05) is 13.2 Å². The van der Waals surface area contributed by atoms with Crippen molar-refractivity contribution in [2.45, 2.75) is 11.8 Å². The summed E-state index contributed by atoms with van der Waals surface area (Å²) in [6, 6.07) is 6.44. The van der Waals surface area contributed by atoms with Crippen LogP contribution in [0.1, 0.15) is 17.3 Å². The molecule has 0 saturated carbocycles. The molecule has 1 rings (SSSR count). The van der Waals surface area contributed by atoms with Crippen molar-refractivity contribution < 1.29 is 24.2 Å². The van der Waals surface area contributed by atoms with Crippen LogP contribution in [-0.4, -0.2) is 30.3 Å². The van der Waals surface area contributed by atoms with Crippen LogP contribution in [0.5, 0.6) is 5.75 Å². The van der Waals surface area contributed by atoms with E-state index in [-0.39, 0.29) is 6.61 Å². The van der Waals surface area contributed by atoms with Crippen LogP contribution in [0.2, 0.25) is 0 Å². The summed E-state index contributed by atoms with van der Waals surface area (Å²) in [4.78, 5) is 21.0. The van der Waals surface area contributed by atoms with Gasteiger partial charge in [0.1, 0.15) is 10.6 Å². The zero-order valence-corrected chi connectivity index (χ0v) is 11.3. The summed E-state index contributed by atoms with van der Waals surface area (Å²) in [5.74, 6) is -0.919. The van der Waals surface area contributed by atoms with Crippen molar-refractivity contribution in [3.8, 4) is 5.75 Å². The van der Waals surface area contributed by atoms with Gasteiger partial charge >= 0.3 is 11.9 Å². The average molecular weight is 317 g/mol. The molecule has 1 N–H and O–H groups in total. The summed E-state index contributed by atoms with van der Waals surface area (Å²) in [5, 5.41) is 8.80. The van der Waals surface area contributed by atoms with Gasteiger partial charge in [0.15, 0.2) is 6.61 Å². The summed E-state index contributed by atoms with van der Waals surface area (Å²) in [6.45, 7) is 1.86. The van der Waals surface area contributed by atoms with Crippen molar-refractivity contribution in [1.82, 2.24) is 0 Å². The molecule has 0 amide bonds. The highest BCUT2D eigenvalue weighted by atomic mass is 79.9. The van der Waals surface area contributed by atoms with E-state index >= 15 is 0 Å². The van der Waals surface area contributed by atoms with Crippen LogP contribution in [-0.2, 0) is 14.3 Å². The molecule has 1 aromatic rings. The molecule has 0 heterocycles. The van der Waals surface area contributed by atoms with Crippen molar-refractivity contribution in [1.29, 1.82) is 0 Å². The molecule has 1 unspecified atom stereocenters. The number of benzene rings is 1. The predicted octanol–water partition coefficient (Wildman–Crippen LogP) is 2.15. The molecular formula is C12H13BrO5. The van der Waals surface area contributed by atoms with E-state index in [4.69, 9.17) is 14.6 Å². The number of carbonyl (C=O) groups excluding carboxylic acids is 1. The van der Waals surface area contributed by atoms with Gasteiger partial charge in [0.25, 0.3) is 0 Å². The largest absolute Gasteiger partial charge is 0.482 e. The Balaban J connectivity index is 2.55. The zero-order chi connectivity index (χ0) is 13.5. The quantitative estimate of drug-likeness (QED) is 0.643. The molecule has 0 aliphatic carbocycles. The Morgan fingerprint density at radius 2 is 1.94 bits per heavy atom. The molecular weight excluding hydrogens is 304 g/mol. The normalized spacial score (nSPS) is 11.7. The molecule has 18 heavy (non-hydrogen) atoms. The number of hydrogen-bond acceptors (Lipinski definition) is 4. The van der Waals surface area contributed by atoms with Gasteiger partial charge in [0.2, 0.25) is 0 Å². The zero-order valence-electron chi connectivity index (χ0n) is 9.76. The molecule has 0 spiro atoms. The smallest absolute Gasteiger partial charge is 0.344 e. The standard InChI is InChI=1S/C12H13BrO5/c1-2-17-10(14)7-18-9-5-3-8(4-6-9)11(13)12(15)16/h3-6,11H,2,7H2,1H3,(H,15,16). The SMILES string of the molecule is CCOC(=O)COc1ccc(C(Br)C(=O)O)cc1. The third kappa shape index (κ3) is 4.37. The van der Waals surface area contributed by atoms with Gasteiger partial charge < -0.3 is 14.6 Å². The Bertz CT molecular complexity index is 415. The Morgan fingerprint density at radius 1 is 1.33 bits per heavy atom. The molecule has 6 heteroatoms. The first kappa shape index (κ1) is 14.5. The summed E-state index contributed by atoms with van der Waals surface area (Å²) >= 11 is 3.04. The van der Waals surface area contributed by atoms with Gasteiger partial charge in [-0.15, -0.1) is 0 Å². The molecule has 0 saturated heterocycles. The Morgan fingerprint density at radius 3 is 2.44 bits per heavy atom. The minimum Gasteiger partial charge on any atom is -0.482 e. The molecule has 98 valence electrons. The fourth-order valence-electron chi connectivity index (χ4n) is 1.22. The van der Waals surface area contributed by atoms with Crippen LogP contribution < -0.4 is 4.74 Å². The number of alkyl halides is 1. The van der Waals surface area contributed by atoms with E-state index < -0.39 is 16.8 Å². The number of carboxylic acids is 1. The first-order valence-electron chi connectivity index (χ1n) is 5.30. The van der Waals surface area contributed by atoms with E-state index in [0.717, 1.165) is 0 Å². The van der Waals surface area contributed by atoms with Crippen molar-refractivity contribution in [2.24, 2.45) is 0 Å². The molecule has 0 fully saturated rings. The van der Waals surface area contributed by atoms with Crippen LogP contribution in [0.25, 0.3) is 0 Å². The van der Waals surface area contributed by atoms with Crippen LogP contribution in [0, 0.1) is 0 Å². The Kier molecular flexibility index (Phi) is 5.64. The molecule has 0 aliphatic heterocycles. The van der Waals surface area contributed by atoms with Gasteiger partial charge in [-0.1, -0.05) is 28.1 Å². The maximum atomic E-state index is 11.0. The van der Waals surface area contributed by atoms with Gasteiger partial charge in [-0.25, -0.2) is 4.79 Å². The fraction of sp³-hybridized carbons (Fsp3) is 0.333. The third-order valence-corrected chi connectivity index (χ3v) is 2.97. The third-order valence-electron chi connectivity index (χ3n) is 2.05. The number of aliphatic carboxylic acids is 1. The van der Waals surface area contributed by atoms with Gasteiger partial charge in [0.05, 0.1) is 6.61 Å². The van der Waals surface area contributed by atoms with E-state index in [9.17, 15) is 9.59 Å². The molecule has 1 aromatic carbocycles. The van der Waals surface area contributed by atoms with Gasteiger partial charge in [-0.3, -0.25) is 4.79 Å². The molecule has 0 aromatic heterocycles. The van der Waals surface area contributed by atoms with E-state index in [2.05, 4.69) is 15.9 Å². The fourth-order valence-corrected chi connectivity index (χ4v) is 1.53. The lowest BCUT2D eigenvalue weighted by Crippen LogP contribution is -2.14. The maximum Gasteiger partial charge on any atom is 0.344 e. The van der Waals surface area contributed by atoms with Crippen molar-refractivity contribution in [3.05, 3.63) is 29.8 Å². The summed E-state index contributed by atoms with van der Waals surface area (Å²) in [6.07, 6.45) is 0. The van der Waals surface area contributed by atoms with Crippen LogP contribution in [0.4, 0.5) is 0 Å². The highest BCUT2D eigenvalue weighted by molar-refractivity contribution is 9.09. The van der Waals surface area contributed by atoms with Gasteiger partial charge in [0, 0.05) is 0 Å². The lowest BCUT2D eigenvalue weighted by molar-refractivity contribution is -0.145. The van der Waals surface area contributed by atoms with Gasteiger partial charge in [-0.2, -0.15) is 0 Å². The molecule has 0 bridgehead atoms. The monoisotopic (exact) mass is 316 g/mol. The minimum atomic E-state index is -0.963. The Labute approximate surface area is 113 Å². The lowest BCUT2D eigenvalue weighted by atomic mass is 10.1. The molecule has 0 radical (unpaired) electrons. The number of carbonyl (C=O) groups is 2. The highest BCUT2D eigenvalue weighted by Crippen LogP contribution is 2.24. The van der Waals surface area contributed by atoms with Crippen molar-refractivity contribution in [3.63, 3.8) is 0 Å². The second-order valence-electron chi connectivity index (χ2n) is 3.36. The number of rotatable bonds is 6. The predicted molar refractivity (Wildman–Crippen MR) is 67.9 cm³/mol. The number of hydrogen-bond donors (Lipinski definition) is 1. The summed E-state index contributed by atoms with van der Waals surface area (Å²) < 4.78 is 9.89. The number of ether oxygens (including phenoxy) is 2. The Hall–Kier alpha value is -1.56. The van der Waals surface area contributed by atoms with Crippen LogP contribution in [0.15, 0.2) is 24.3 Å². The second kappa shape index (κ2) is 7.00. The first-order chi connectivity index (χ1) is 8.54. The molecule has 5 nitrogen and oxygen atoms in total. The molecule has 1 atom stereocenters. The van der Waals surface area contributed by atoms with Crippen LogP contribution in [0.3, 0.4) is 0 Å². The lowest BCUT2D eigenvalue weighted by Gasteiger charge is -2.08. The number of carboxylic acid groups (broad SMARTS) is 1. The van der Waals surface area contributed by atoms with Crippen molar-refractivity contribution >= 4 is 27.9 Å². The first-order valence-corrected chi connectivity index (χ1v) is 6.21. The minimum absolute atomic E-state index is 0.163. The maximum absolute atomic E-state index is 11.0. The second-order valence-corrected chi connectivity index (χ2v) is 4.28. The topological polar surface area (TPSA) is 72.8 Å². The number of esters is 1. The molecule has 0 aliphatic rings. The van der Waals surface area contributed by atoms with E-state index in [1.54, 1.807) is 31.2 Å². The van der Waals surface area contributed by atoms with E-state index in [0.29, 0.717) is 17.9 Å². The summed E-state index contributed by atoms with van der Waals surface area (Å²) in [5.41, 5.74) is 0.603. The van der Waals surface area contributed by atoms with E-state index in [1.165, 1.54) is 0 Å². The van der Waals surface area contributed by atoms with Crippen LogP contribution >= 0.6 is 15.9 Å². The average Bonchev–Trinajstić information content (AvgIpc) is 2.36. The number of halogens is 1. The van der Waals surface area contributed by atoms with Gasteiger partial charge in [-0.05, 0) is 24.6 Å². The summed E-state index contributed by atoms with van der Waals surface area (Å²) in [7, 11) is 0. The van der Waals surface area contributed by atoms with E-state index in [1.807, 2.05) is 0 Å². The highest BCUT2D eigenvalue weighted by Gasteiger charge is 2.15.